The molecule has 2 heteroatoms. The van der Waals surface area contributed by atoms with Gasteiger partial charge in [0.25, 0.3) is 0 Å². The largest absolute Gasteiger partial charge is 0.488 e. The van der Waals surface area contributed by atoms with Gasteiger partial charge in [0, 0.05) is 0 Å². The van der Waals surface area contributed by atoms with Crippen molar-refractivity contribution in [2.45, 2.75) is 32.8 Å². The van der Waals surface area contributed by atoms with Crippen molar-refractivity contribution in [3.8, 4) is 5.75 Å². The van der Waals surface area contributed by atoms with Gasteiger partial charge in [0.2, 0.25) is 0 Å². The molecule has 0 unspecified atom stereocenters. The van der Waals surface area contributed by atoms with Gasteiger partial charge in [0.15, 0.2) is 6.29 Å². The van der Waals surface area contributed by atoms with Crippen molar-refractivity contribution in [1.29, 1.82) is 0 Å². The van der Waals surface area contributed by atoms with Crippen molar-refractivity contribution in [3.05, 3.63) is 65.2 Å². The Morgan fingerprint density at radius 3 is 2.35 bits per heavy atom. The summed E-state index contributed by atoms with van der Waals surface area (Å²) < 4.78 is 5.82. The van der Waals surface area contributed by atoms with Crippen LogP contribution in [0.5, 0.6) is 5.75 Å². The summed E-state index contributed by atoms with van der Waals surface area (Å²) >= 11 is 0. The first-order chi connectivity index (χ1) is 9.50. The minimum atomic E-state index is 0.0340. The SMILES string of the molecule is CC(C)(C)c1ccc(C=O)c(OCc2ccccc2)c1. The average Bonchev–Trinajstić information content (AvgIpc) is 2.45. The number of rotatable bonds is 4. The highest BCUT2D eigenvalue weighted by atomic mass is 16.5. The summed E-state index contributed by atoms with van der Waals surface area (Å²) in [7, 11) is 0. The van der Waals surface area contributed by atoms with E-state index in [9.17, 15) is 4.79 Å². The predicted molar refractivity (Wildman–Crippen MR) is 81.3 cm³/mol. The lowest BCUT2D eigenvalue weighted by molar-refractivity contribution is 0.111. The zero-order valence-corrected chi connectivity index (χ0v) is 12.2. The molecule has 0 heterocycles. The van der Waals surface area contributed by atoms with Gasteiger partial charge >= 0.3 is 0 Å². The van der Waals surface area contributed by atoms with Gasteiger partial charge in [0.05, 0.1) is 5.56 Å². The molecule has 2 aromatic rings. The van der Waals surface area contributed by atoms with Crippen molar-refractivity contribution in [2.24, 2.45) is 0 Å². The van der Waals surface area contributed by atoms with E-state index in [4.69, 9.17) is 4.74 Å². The van der Waals surface area contributed by atoms with Crippen LogP contribution in [0.3, 0.4) is 0 Å². The maximum absolute atomic E-state index is 11.1. The van der Waals surface area contributed by atoms with E-state index >= 15 is 0 Å². The molecule has 0 aliphatic carbocycles. The Morgan fingerprint density at radius 1 is 1.05 bits per heavy atom. The number of benzene rings is 2. The first-order valence-electron chi connectivity index (χ1n) is 6.77. The fourth-order valence-corrected chi connectivity index (χ4v) is 1.96. The molecule has 0 fully saturated rings. The monoisotopic (exact) mass is 268 g/mol. The molecule has 0 aliphatic heterocycles. The molecule has 0 bridgehead atoms. The molecule has 0 aromatic heterocycles. The van der Waals surface area contributed by atoms with Crippen molar-refractivity contribution in [2.75, 3.05) is 0 Å². The lowest BCUT2D eigenvalue weighted by atomic mass is 9.86. The van der Waals surface area contributed by atoms with E-state index in [0.29, 0.717) is 17.9 Å². The van der Waals surface area contributed by atoms with Gasteiger partial charge < -0.3 is 4.74 Å². The van der Waals surface area contributed by atoms with Crippen LogP contribution in [-0.2, 0) is 12.0 Å². The van der Waals surface area contributed by atoms with E-state index in [1.807, 2.05) is 48.5 Å². The van der Waals surface area contributed by atoms with Gasteiger partial charge in [-0.25, -0.2) is 0 Å². The Bertz CT molecular complexity index is 580. The Hall–Kier alpha value is -2.09. The molecule has 20 heavy (non-hydrogen) atoms. The van der Waals surface area contributed by atoms with Crippen LogP contribution < -0.4 is 4.74 Å². The maximum atomic E-state index is 11.1. The third-order valence-corrected chi connectivity index (χ3v) is 3.24. The Kier molecular flexibility index (Phi) is 4.23. The summed E-state index contributed by atoms with van der Waals surface area (Å²) in [5.41, 5.74) is 2.87. The van der Waals surface area contributed by atoms with Crippen LogP contribution in [0.25, 0.3) is 0 Å². The smallest absolute Gasteiger partial charge is 0.153 e. The van der Waals surface area contributed by atoms with Crippen LogP contribution in [0.15, 0.2) is 48.5 Å². The summed E-state index contributed by atoms with van der Waals surface area (Å²) in [6, 6.07) is 15.7. The van der Waals surface area contributed by atoms with Crippen molar-refractivity contribution >= 4 is 6.29 Å². The van der Waals surface area contributed by atoms with E-state index in [2.05, 4.69) is 20.8 Å². The van der Waals surface area contributed by atoms with Crippen LogP contribution in [0, 0.1) is 0 Å². The van der Waals surface area contributed by atoms with Gasteiger partial charge in [-0.3, -0.25) is 4.79 Å². The highest BCUT2D eigenvalue weighted by Gasteiger charge is 2.16. The van der Waals surface area contributed by atoms with Crippen molar-refractivity contribution < 1.29 is 9.53 Å². The Morgan fingerprint density at radius 2 is 1.75 bits per heavy atom. The minimum absolute atomic E-state index is 0.0340. The lowest BCUT2D eigenvalue weighted by Crippen LogP contribution is -2.11. The number of carbonyl (C=O) groups is 1. The third kappa shape index (κ3) is 3.47. The number of aldehydes is 1. The van der Waals surface area contributed by atoms with Gasteiger partial charge in [-0.15, -0.1) is 0 Å². The summed E-state index contributed by atoms with van der Waals surface area (Å²) in [6.45, 7) is 6.90. The van der Waals surface area contributed by atoms with Gasteiger partial charge in [-0.05, 0) is 28.7 Å². The van der Waals surface area contributed by atoms with E-state index in [-0.39, 0.29) is 5.41 Å². The summed E-state index contributed by atoms with van der Waals surface area (Å²) in [6.07, 6.45) is 0.840. The van der Waals surface area contributed by atoms with Crippen LogP contribution in [0.2, 0.25) is 0 Å². The summed E-state index contributed by atoms with van der Waals surface area (Å²) in [4.78, 5) is 11.1. The first kappa shape index (κ1) is 14.3. The summed E-state index contributed by atoms with van der Waals surface area (Å²) in [5.74, 6) is 0.649. The standard InChI is InChI=1S/C18H20O2/c1-18(2,3)16-10-9-15(12-19)17(11-16)20-13-14-7-5-4-6-8-14/h4-12H,13H2,1-3H3. The van der Waals surface area contributed by atoms with E-state index in [1.54, 1.807) is 0 Å². The molecule has 0 N–H and O–H groups in total. The van der Waals surface area contributed by atoms with Gasteiger partial charge in [-0.1, -0.05) is 57.2 Å². The fourth-order valence-electron chi connectivity index (χ4n) is 1.96. The van der Waals surface area contributed by atoms with Gasteiger partial charge in [-0.2, -0.15) is 0 Å². The molecular weight excluding hydrogens is 248 g/mol. The van der Waals surface area contributed by atoms with Crippen LogP contribution in [-0.4, -0.2) is 6.29 Å². The molecule has 0 amide bonds. The van der Waals surface area contributed by atoms with Crippen molar-refractivity contribution in [3.63, 3.8) is 0 Å². The molecule has 0 saturated heterocycles. The van der Waals surface area contributed by atoms with Gasteiger partial charge in [0.1, 0.15) is 12.4 Å². The molecule has 2 aromatic carbocycles. The molecule has 2 rings (SSSR count). The van der Waals surface area contributed by atoms with Crippen LogP contribution in [0.1, 0.15) is 42.3 Å². The fraction of sp³-hybridized carbons (Fsp3) is 0.278. The molecular formula is C18H20O2. The third-order valence-electron chi connectivity index (χ3n) is 3.24. The molecule has 0 aliphatic rings. The summed E-state index contributed by atoms with van der Waals surface area (Å²) in [5, 5.41) is 0. The zero-order valence-electron chi connectivity index (χ0n) is 12.2. The molecule has 0 atom stereocenters. The molecule has 0 radical (unpaired) electrons. The second-order valence-electron chi connectivity index (χ2n) is 5.89. The minimum Gasteiger partial charge on any atom is -0.488 e. The first-order valence-corrected chi connectivity index (χ1v) is 6.77. The quantitative estimate of drug-likeness (QED) is 0.769. The van der Waals surface area contributed by atoms with Crippen molar-refractivity contribution in [1.82, 2.24) is 0 Å². The second kappa shape index (κ2) is 5.91. The van der Waals surface area contributed by atoms with E-state index in [1.165, 1.54) is 0 Å². The highest BCUT2D eigenvalue weighted by Crippen LogP contribution is 2.28. The maximum Gasteiger partial charge on any atom is 0.153 e. The molecule has 104 valence electrons. The highest BCUT2D eigenvalue weighted by molar-refractivity contribution is 5.79. The number of hydrogen-bond donors (Lipinski definition) is 0. The Balaban J connectivity index is 2.23. The number of ether oxygens (including phenoxy) is 1. The molecule has 2 nitrogen and oxygen atoms in total. The zero-order chi connectivity index (χ0) is 14.6. The normalized spacial score (nSPS) is 11.2. The Labute approximate surface area is 120 Å². The number of hydrogen-bond acceptors (Lipinski definition) is 2. The van der Waals surface area contributed by atoms with Crippen LogP contribution in [0.4, 0.5) is 0 Å². The number of carbonyl (C=O) groups excluding carboxylic acids is 1. The predicted octanol–water partition coefficient (Wildman–Crippen LogP) is 4.38. The van der Waals surface area contributed by atoms with E-state index < -0.39 is 0 Å². The average molecular weight is 268 g/mol. The van der Waals surface area contributed by atoms with Crippen LogP contribution >= 0.6 is 0 Å². The molecule has 0 spiro atoms. The molecule has 0 saturated carbocycles. The van der Waals surface area contributed by atoms with E-state index in [0.717, 1.165) is 17.4 Å². The lowest BCUT2D eigenvalue weighted by Gasteiger charge is -2.20. The second-order valence-corrected chi connectivity index (χ2v) is 5.89. The topological polar surface area (TPSA) is 26.3 Å².